The maximum absolute atomic E-state index is 12.4. The van der Waals surface area contributed by atoms with Gasteiger partial charge in [-0.2, -0.15) is 13.2 Å². The van der Waals surface area contributed by atoms with E-state index >= 15 is 0 Å². The van der Waals surface area contributed by atoms with Crippen molar-refractivity contribution in [3.63, 3.8) is 0 Å². The van der Waals surface area contributed by atoms with Crippen molar-refractivity contribution in [2.24, 2.45) is 5.41 Å². The Labute approximate surface area is 105 Å². The molecular weight excluding hydrogens is 239 g/mol. The van der Waals surface area contributed by atoms with Crippen LogP contribution in [-0.4, -0.2) is 6.54 Å². The van der Waals surface area contributed by atoms with Crippen LogP contribution in [0.3, 0.4) is 0 Å². The summed E-state index contributed by atoms with van der Waals surface area (Å²) in [6.45, 7) is 5.13. The van der Waals surface area contributed by atoms with Crippen molar-refractivity contribution < 1.29 is 13.2 Å². The predicted molar refractivity (Wildman–Crippen MR) is 65.2 cm³/mol. The van der Waals surface area contributed by atoms with Crippen molar-refractivity contribution in [3.8, 4) is 0 Å². The summed E-state index contributed by atoms with van der Waals surface area (Å²) in [5.74, 6) is 0. The summed E-state index contributed by atoms with van der Waals surface area (Å²) >= 11 is 0. The van der Waals surface area contributed by atoms with Crippen LogP contribution < -0.4 is 5.32 Å². The van der Waals surface area contributed by atoms with Crippen molar-refractivity contribution in [1.82, 2.24) is 5.32 Å². The first-order valence-corrected chi connectivity index (χ1v) is 6.21. The standard InChI is InChI=1S/C14H18F3N/c1-10(18-9-13(2)7-8-13)11-3-5-12(6-4-11)14(15,16)17/h3-6,10,18H,7-9H2,1-2H3. The Morgan fingerprint density at radius 1 is 1.22 bits per heavy atom. The number of hydrogen-bond donors (Lipinski definition) is 1. The summed E-state index contributed by atoms with van der Waals surface area (Å²) in [6, 6.07) is 5.48. The number of benzene rings is 1. The summed E-state index contributed by atoms with van der Waals surface area (Å²) in [4.78, 5) is 0. The zero-order valence-corrected chi connectivity index (χ0v) is 10.6. The average molecular weight is 257 g/mol. The van der Waals surface area contributed by atoms with Crippen LogP contribution in [0.1, 0.15) is 43.9 Å². The van der Waals surface area contributed by atoms with Gasteiger partial charge in [-0.1, -0.05) is 19.1 Å². The van der Waals surface area contributed by atoms with E-state index < -0.39 is 11.7 Å². The molecule has 1 N–H and O–H groups in total. The van der Waals surface area contributed by atoms with E-state index in [1.807, 2.05) is 6.92 Å². The highest BCUT2D eigenvalue weighted by Crippen LogP contribution is 2.44. The summed E-state index contributed by atoms with van der Waals surface area (Å²) in [5.41, 5.74) is 0.708. The first kappa shape index (κ1) is 13.4. The van der Waals surface area contributed by atoms with Gasteiger partial charge in [0, 0.05) is 12.6 Å². The maximum atomic E-state index is 12.4. The quantitative estimate of drug-likeness (QED) is 0.854. The van der Waals surface area contributed by atoms with Crippen molar-refractivity contribution in [2.75, 3.05) is 6.54 Å². The van der Waals surface area contributed by atoms with Gasteiger partial charge in [0.25, 0.3) is 0 Å². The Balaban J connectivity index is 1.96. The topological polar surface area (TPSA) is 12.0 Å². The van der Waals surface area contributed by atoms with Crippen LogP contribution >= 0.6 is 0 Å². The Bertz CT molecular complexity index is 404. The highest BCUT2D eigenvalue weighted by molar-refractivity contribution is 5.26. The average Bonchev–Trinajstić information content (AvgIpc) is 3.04. The summed E-state index contributed by atoms with van der Waals surface area (Å²) < 4.78 is 37.3. The zero-order valence-electron chi connectivity index (χ0n) is 10.6. The van der Waals surface area contributed by atoms with Crippen molar-refractivity contribution in [3.05, 3.63) is 35.4 Å². The van der Waals surface area contributed by atoms with Crippen LogP contribution in [0.5, 0.6) is 0 Å². The van der Waals surface area contributed by atoms with Gasteiger partial charge < -0.3 is 5.32 Å². The Morgan fingerprint density at radius 3 is 2.22 bits per heavy atom. The second-order valence-electron chi connectivity index (χ2n) is 5.53. The minimum absolute atomic E-state index is 0.0877. The van der Waals surface area contributed by atoms with Gasteiger partial charge in [0.15, 0.2) is 0 Å². The molecule has 1 aliphatic rings. The van der Waals surface area contributed by atoms with Crippen LogP contribution in [0.15, 0.2) is 24.3 Å². The van der Waals surface area contributed by atoms with E-state index in [1.54, 1.807) is 12.1 Å². The molecule has 1 aromatic carbocycles. The molecule has 1 aliphatic carbocycles. The molecule has 0 aromatic heterocycles. The predicted octanol–water partition coefficient (Wildman–Crippen LogP) is 4.16. The molecule has 4 heteroatoms. The van der Waals surface area contributed by atoms with Crippen LogP contribution in [0.25, 0.3) is 0 Å². The lowest BCUT2D eigenvalue weighted by Gasteiger charge is -2.18. The molecule has 0 bridgehead atoms. The van der Waals surface area contributed by atoms with Crippen LogP contribution in [0, 0.1) is 5.41 Å². The lowest BCUT2D eigenvalue weighted by molar-refractivity contribution is -0.137. The first-order valence-electron chi connectivity index (χ1n) is 6.21. The van der Waals surface area contributed by atoms with E-state index in [9.17, 15) is 13.2 Å². The van der Waals surface area contributed by atoms with Crippen LogP contribution in [0.2, 0.25) is 0 Å². The Morgan fingerprint density at radius 2 is 1.78 bits per heavy atom. The molecule has 0 heterocycles. The first-order chi connectivity index (χ1) is 8.30. The number of rotatable bonds is 4. The number of nitrogens with one attached hydrogen (secondary N) is 1. The molecule has 0 aliphatic heterocycles. The molecule has 0 spiro atoms. The van der Waals surface area contributed by atoms with Crippen molar-refractivity contribution in [1.29, 1.82) is 0 Å². The van der Waals surface area contributed by atoms with Gasteiger partial charge in [0.2, 0.25) is 0 Å². The fraction of sp³-hybridized carbons (Fsp3) is 0.571. The molecule has 1 atom stereocenters. The maximum Gasteiger partial charge on any atom is 0.416 e. The highest BCUT2D eigenvalue weighted by atomic mass is 19.4. The van der Waals surface area contributed by atoms with Crippen molar-refractivity contribution in [2.45, 2.75) is 38.9 Å². The van der Waals surface area contributed by atoms with Gasteiger partial charge in [-0.3, -0.25) is 0 Å². The second kappa shape index (κ2) is 4.57. The lowest BCUT2D eigenvalue weighted by Crippen LogP contribution is -2.25. The van der Waals surface area contributed by atoms with Gasteiger partial charge >= 0.3 is 6.18 Å². The van der Waals surface area contributed by atoms with E-state index in [2.05, 4.69) is 12.2 Å². The normalized spacial score (nSPS) is 19.6. The zero-order chi connectivity index (χ0) is 13.4. The molecule has 100 valence electrons. The molecule has 1 nitrogen and oxygen atoms in total. The Kier molecular flexibility index (Phi) is 3.41. The molecule has 1 aromatic rings. The third-order valence-electron chi connectivity index (χ3n) is 3.68. The van der Waals surface area contributed by atoms with Crippen LogP contribution in [0.4, 0.5) is 13.2 Å². The van der Waals surface area contributed by atoms with E-state index in [4.69, 9.17) is 0 Å². The largest absolute Gasteiger partial charge is 0.416 e. The summed E-state index contributed by atoms with van der Waals surface area (Å²) in [7, 11) is 0. The number of hydrogen-bond acceptors (Lipinski definition) is 1. The lowest BCUT2D eigenvalue weighted by atomic mass is 10.0. The summed E-state index contributed by atoms with van der Waals surface area (Å²) in [5, 5.41) is 3.38. The molecule has 1 unspecified atom stereocenters. The number of alkyl halides is 3. The molecular formula is C14H18F3N. The third kappa shape index (κ3) is 3.25. The Hall–Kier alpha value is -1.03. The molecule has 0 radical (unpaired) electrons. The van der Waals surface area contributed by atoms with E-state index in [0.29, 0.717) is 5.41 Å². The summed E-state index contributed by atoms with van der Waals surface area (Å²) in [6.07, 6.45) is -1.78. The van der Waals surface area contributed by atoms with Crippen molar-refractivity contribution >= 4 is 0 Å². The van der Waals surface area contributed by atoms with E-state index in [-0.39, 0.29) is 6.04 Å². The monoisotopic (exact) mass is 257 g/mol. The molecule has 0 amide bonds. The van der Waals surface area contributed by atoms with Gasteiger partial charge in [-0.05, 0) is 42.9 Å². The van der Waals surface area contributed by atoms with E-state index in [1.165, 1.54) is 12.8 Å². The molecule has 0 saturated heterocycles. The minimum Gasteiger partial charge on any atom is -0.310 e. The molecule has 2 rings (SSSR count). The smallest absolute Gasteiger partial charge is 0.310 e. The van der Waals surface area contributed by atoms with Gasteiger partial charge in [-0.25, -0.2) is 0 Å². The fourth-order valence-corrected chi connectivity index (χ4v) is 1.87. The van der Waals surface area contributed by atoms with Gasteiger partial charge in [0.1, 0.15) is 0 Å². The highest BCUT2D eigenvalue weighted by Gasteiger charge is 2.37. The number of halogens is 3. The molecule has 1 fully saturated rings. The SMILES string of the molecule is CC(NCC1(C)CC1)c1ccc(C(F)(F)F)cc1. The molecule has 1 saturated carbocycles. The van der Waals surface area contributed by atoms with Gasteiger partial charge in [-0.15, -0.1) is 0 Å². The third-order valence-corrected chi connectivity index (χ3v) is 3.68. The molecule has 18 heavy (non-hydrogen) atoms. The van der Waals surface area contributed by atoms with Crippen LogP contribution in [-0.2, 0) is 6.18 Å². The minimum atomic E-state index is -4.25. The van der Waals surface area contributed by atoms with Gasteiger partial charge in [0.05, 0.1) is 5.56 Å². The van der Waals surface area contributed by atoms with E-state index in [0.717, 1.165) is 24.2 Å². The second-order valence-corrected chi connectivity index (χ2v) is 5.53. The fourth-order valence-electron chi connectivity index (χ4n) is 1.87.